The fourth-order valence-electron chi connectivity index (χ4n) is 1.65. The number of nitrogens with zero attached hydrogens (tertiary/aromatic N) is 2. The van der Waals surface area contributed by atoms with Crippen molar-refractivity contribution < 1.29 is 5.11 Å². The minimum absolute atomic E-state index is 0.237. The van der Waals surface area contributed by atoms with Gasteiger partial charge in [-0.15, -0.1) is 0 Å². The topological polar surface area (TPSA) is 62.0 Å². The molecule has 0 aliphatic rings. The van der Waals surface area contributed by atoms with Crippen LogP contribution in [0.15, 0.2) is 57.5 Å². The predicted molar refractivity (Wildman–Crippen MR) is 74.5 cm³/mol. The lowest BCUT2D eigenvalue weighted by atomic mass is 10.2. The average Bonchev–Trinajstić information content (AvgIpc) is 2.51. The Labute approximate surface area is 111 Å². The van der Waals surface area contributed by atoms with Crippen molar-refractivity contribution in [1.29, 1.82) is 0 Å². The molecule has 0 bridgehead atoms. The molecule has 0 aromatic heterocycles. The molecular formula is C15H14N2O2. The molecule has 19 heavy (non-hydrogen) atoms. The van der Waals surface area contributed by atoms with Gasteiger partial charge in [-0.3, -0.25) is 4.79 Å². The van der Waals surface area contributed by atoms with Gasteiger partial charge in [0.2, 0.25) is 5.43 Å². The van der Waals surface area contributed by atoms with Crippen LogP contribution in [0.1, 0.15) is 11.1 Å². The molecule has 4 heteroatoms. The molecule has 1 N–H and O–H groups in total. The number of benzene rings is 1. The number of hydrogen-bond donors (Lipinski definition) is 1. The van der Waals surface area contributed by atoms with Gasteiger partial charge in [-0.1, -0.05) is 18.2 Å². The normalized spacial score (nSPS) is 10.8. The third-order valence-electron chi connectivity index (χ3n) is 2.71. The molecule has 0 fully saturated rings. The first-order chi connectivity index (χ1) is 9.08. The molecule has 0 radical (unpaired) electrons. The van der Waals surface area contributed by atoms with E-state index in [9.17, 15) is 9.90 Å². The minimum atomic E-state index is -0.376. The highest BCUT2D eigenvalue weighted by Crippen LogP contribution is 2.21. The zero-order valence-corrected chi connectivity index (χ0v) is 10.8. The first kappa shape index (κ1) is 13.0. The molecule has 2 aromatic rings. The van der Waals surface area contributed by atoms with Gasteiger partial charge in [0.1, 0.15) is 0 Å². The summed E-state index contributed by atoms with van der Waals surface area (Å²) in [6.45, 7) is 3.31. The van der Waals surface area contributed by atoms with Crippen LogP contribution in [0.3, 0.4) is 0 Å². The second-order valence-corrected chi connectivity index (χ2v) is 4.29. The molecule has 0 aliphatic carbocycles. The summed E-state index contributed by atoms with van der Waals surface area (Å²) in [5.41, 5.74) is 1.82. The second kappa shape index (κ2) is 5.44. The average molecular weight is 254 g/mol. The van der Waals surface area contributed by atoms with Crippen molar-refractivity contribution >= 4 is 11.4 Å². The Morgan fingerprint density at radius 3 is 2.16 bits per heavy atom. The third-order valence-corrected chi connectivity index (χ3v) is 2.71. The fraction of sp³-hybridized carbons (Fsp3) is 0.133. The summed E-state index contributed by atoms with van der Waals surface area (Å²) in [4.78, 5) is 11.7. The molecule has 96 valence electrons. The zero-order chi connectivity index (χ0) is 13.8. The summed E-state index contributed by atoms with van der Waals surface area (Å²) in [5, 5.41) is 17.9. The highest BCUT2D eigenvalue weighted by molar-refractivity contribution is 5.47. The molecule has 2 aromatic carbocycles. The monoisotopic (exact) mass is 254 g/mol. The Morgan fingerprint density at radius 2 is 1.47 bits per heavy atom. The largest absolute Gasteiger partial charge is 0.504 e. The molecule has 0 heterocycles. The van der Waals surface area contributed by atoms with Crippen LogP contribution in [0.2, 0.25) is 0 Å². The number of aryl methyl sites for hydroxylation is 2. The summed E-state index contributed by atoms with van der Waals surface area (Å²) >= 11 is 0. The lowest BCUT2D eigenvalue weighted by molar-refractivity contribution is 0.466. The van der Waals surface area contributed by atoms with Gasteiger partial charge in [0.25, 0.3) is 0 Å². The summed E-state index contributed by atoms with van der Waals surface area (Å²) in [5.74, 6) is -0.237. The highest BCUT2D eigenvalue weighted by atomic mass is 16.3. The standard InChI is InChI=1S/C15H14N2O2/c1-10-8-13(9-11(2)15(19)14(10)18)17-16-12-6-4-3-5-7-12/h3-9H,1-2H3,(H,18,19). The Balaban J connectivity index is 2.45. The van der Waals surface area contributed by atoms with Crippen LogP contribution in [0, 0.1) is 13.8 Å². The van der Waals surface area contributed by atoms with Gasteiger partial charge in [-0.25, -0.2) is 0 Å². The van der Waals surface area contributed by atoms with Crippen molar-refractivity contribution in [2.75, 3.05) is 0 Å². The molecule has 0 aliphatic heterocycles. The summed E-state index contributed by atoms with van der Waals surface area (Å²) in [7, 11) is 0. The van der Waals surface area contributed by atoms with Gasteiger partial charge in [-0.05, 0) is 43.7 Å². The number of rotatable bonds is 2. The SMILES string of the molecule is Cc1cc(N=Nc2ccccc2)cc(C)c(=O)c1O. The van der Waals surface area contributed by atoms with E-state index in [1.54, 1.807) is 26.0 Å². The first-order valence-electron chi connectivity index (χ1n) is 5.89. The molecule has 0 saturated heterocycles. The Hall–Kier alpha value is -2.49. The van der Waals surface area contributed by atoms with Crippen LogP contribution < -0.4 is 5.43 Å². The van der Waals surface area contributed by atoms with Gasteiger partial charge in [-0.2, -0.15) is 10.2 Å². The molecule has 0 saturated carbocycles. The summed E-state index contributed by atoms with van der Waals surface area (Å²) < 4.78 is 0. The van der Waals surface area contributed by atoms with E-state index < -0.39 is 0 Å². The smallest absolute Gasteiger partial charge is 0.223 e. The fourth-order valence-corrected chi connectivity index (χ4v) is 1.65. The first-order valence-corrected chi connectivity index (χ1v) is 5.89. The van der Waals surface area contributed by atoms with Crippen molar-refractivity contribution in [3.05, 3.63) is 63.8 Å². The molecule has 2 rings (SSSR count). The molecule has 0 spiro atoms. The predicted octanol–water partition coefficient (Wildman–Crippen LogP) is 3.78. The van der Waals surface area contributed by atoms with E-state index in [1.807, 2.05) is 30.3 Å². The molecular weight excluding hydrogens is 240 g/mol. The number of azo groups is 1. The van der Waals surface area contributed by atoms with Gasteiger partial charge in [0, 0.05) is 5.56 Å². The van der Waals surface area contributed by atoms with E-state index in [2.05, 4.69) is 10.2 Å². The van der Waals surface area contributed by atoms with Crippen molar-refractivity contribution in [1.82, 2.24) is 0 Å². The van der Waals surface area contributed by atoms with Crippen LogP contribution >= 0.6 is 0 Å². The number of aromatic hydroxyl groups is 1. The van der Waals surface area contributed by atoms with E-state index >= 15 is 0 Å². The Kier molecular flexibility index (Phi) is 3.71. The van der Waals surface area contributed by atoms with Crippen LogP contribution in [-0.4, -0.2) is 5.11 Å². The zero-order valence-electron chi connectivity index (χ0n) is 10.8. The van der Waals surface area contributed by atoms with E-state index in [4.69, 9.17) is 0 Å². The van der Waals surface area contributed by atoms with E-state index in [0.29, 0.717) is 16.8 Å². The Bertz CT molecular complexity index is 680. The minimum Gasteiger partial charge on any atom is -0.504 e. The molecule has 0 atom stereocenters. The van der Waals surface area contributed by atoms with Crippen molar-refractivity contribution in [3.8, 4) is 5.75 Å². The maximum atomic E-state index is 11.7. The van der Waals surface area contributed by atoms with E-state index in [0.717, 1.165) is 5.69 Å². The van der Waals surface area contributed by atoms with E-state index in [1.165, 1.54) is 0 Å². The van der Waals surface area contributed by atoms with E-state index in [-0.39, 0.29) is 11.2 Å². The maximum Gasteiger partial charge on any atom is 0.223 e. The van der Waals surface area contributed by atoms with Gasteiger partial charge in [0.15, 0.2) is 5.75 Å². The molecule has 4 nitrogen and oxygen atoms in total. The van der Waals surface area contributed by atoms with Gasteiger partial charge >= 0.3 is 0 Å². The quantitative estimate of drug-likeness (QED) is 0.829. The lowest BCUT2D eigenvalue weighted by Crippen LogP contribution is -2.00. The van der Waals surface area contributed by atoms with Crippen molar-refractivity contribution in [3.63, 3.8) is 0 Å². The van der Waals surface area contributed by atoms with Crippen LogP contribution in [0.25, 0.3) is 0 Å². The van der Waals surface area contributed by atoms with Gasteiger partial charge < -0.3 is 5.11 Å². The number of hydrogen-bond acceptors (Lipinski definition) is 4. The van der Waals surface area contributed by atoms with Crippen molar-refractivity contribution in [2.24, 2.45) is 10.2 Å². The van der Waals surface area contributed by atoms with Crippen LogP contribution in [-0.2, 0) is 0 Å². The molecule has 0 amide bonds. The van der Waals surface area contributed by atoms with Gasteiger partial charge in [0.05, 0.1) is 11.4 Å². The summed E-state index contributed by atoms with van der Waals surface area (Å²) in [6, 6.07) is 12.6. The Morgan fingerprint density at radius 1 is 0.895 bits per heavy atom. The van der Waals surface area contributed by atoms with Crippen LogP contribution in [0.5, 0.6) is 5.75 Å². The lowest BCUT2D eigenvalue weighted by Gasteiger charge is -1.91. The molecule has 0 unspecified atom stereocenters. The van der Waals surface area contributed by atoms with Crippen LogP contribution in [0.4, 0.5) is 11.4 Å². The second-order valence-electron chi connectivity index (χ2n) is 4.29. The third kappa shape index (κ3) is 3.04. The highest BCUT2D eigenvalue weighted by Gasteiger charge is 2.04. The van der Waals surface area contributed by atoms with Crippen molar-refractivity contribution in [2.45, 2.75) is 13.8 Å². The maximum absolute atomic E-state index is 11.7. The summed E-state index contributed by atoms with van der Waals surface area (Å²) in [6.07, 6.45) is 0.